The van der Waals surface area contributed by atoms with E-state index in [2.05, 4.69) is 10.5 Å². The highest BCUT2D eigenvalue weighted by molar-refractivity contribution is 6.33. The number of halogens is 1. The molecule has 1 heterocycles. The van der Waals surface area contributed by atoms with Crippen LogP contribution < -0.4 is 5.32 Å². The van der Waals surface area contributed by atoms with Crippen LogP contribution in [0, 0.1) is 13.8 Å². The molecule has 3 nitrogen and oxygen atoms in total. The minimum absolute atomic E-state index is 0.484. The van der Waals surface area contributed by atoms with Gasteiger partial charge < -0.3 is 9.84 Å². The van der Waals surface area contributed by atoms with Gasteiger partial charge in [0.15, 0.2) is 0 Å². The van der Waals surface area contributed by atoms with Crippen molar-refractivity contribution < 1.29 is 4.52 Å². The van der Waals surface area contributed by atoms with Gasteiger partial charge >= 0.3 is 0 Å². The Bertz CT molecular complexity index is 462. The van der Waals surface area contributed by atoms with Crippen molar-refractivity contribution >= 4 is 23.2 Å². The third-order valence-corrected chi connectivity index (χ3v) is 2.55. The lowest BCUT2D eigenvalue weighted by Crippen LogP contribution is -1.88. The zero-order valence-corrected chi connectivity index (χ0v) is 9.30. The van der Waals surface area contributed by atoms with Crippen LogP contribution in [0.15, 0.2) is 28.8 Å². The second kappa shape index (κ2) is 3.95. The monoisotopic (exact) mass is 222 g/mol. The van der Waals surface area contributed by atoms with E-state index < -0.39 is 0 Å². The van der Waals surface area contributed by atoms with Crippen molar-refractivity contribution in [3.63, 3.8) is 0 Å². The Morgan fingerprint density at radius 3 is 2.40 bits per heavy atom. The molecule has 0 aliphatic rings. The van der Waals surface area contributed by atoms with Crippen molar-refractivity contribution in [2.75, 3.05) is 5.32 Å². The first kappa shape index (κ1) is 10.1. The van der Waals surface area contributed by atoms with Crippen LogP contribution in [0.3, 0.4) is 0 Å². The fourth-order valence-corrected chi connectivity index (χ4v) is 1.32. The highest BCUT2D eigenvalue weighted by Crippen LogP contribution is 2.27. The first-order valence-electron chi connectivity index (χ1n) is 4.62. The quantitative estimate of drug-likeness (QED) is 0.842. The van der Waals surface area contributed by atoms with Crippen molar-refractivity contribution in [2.45, 2.75) is 13.8 Å². The summed E-state index contributed by atoms with van der Waals surface area (Å²) in [4.78, 5) is 0. The number of aryl methyl sites for hydroxylation is 2. The van der Waals surface area contributed by atoms with E-state index in [1.165, 1.54) is 5.56 Å². The topological polar surface area (TPSA) is 38.1 Å². The largest absolute Gasteiger partial charge is 0.337 e. The summed E-state index contributed by atoms with van der Waals surface area (Å²) in [5.41, 5.74) is 2.82. The predicted molar refractivity (Wildman–Crippen MR) is 60.7 cm³/mol. The van der Waals surface area contributed by atoms with Crippen molar-refractivity contribution in [3.05, 3.63) is 40.5 Å². The zero-order chi connectivity index (χ0) is 10.8. The molecular weight excluding hydrogens is 212 g/mol. The normalized spacial score (nSPS) is 10.3. The summed E-state index contributed by atoms with van der Waals surface area (Å²) in [6.07, 6.45) is 0. The molecule has 0 aliphatic heterocycles. The lowest BCUT2D eigenvalue weighted by Gasteiger charge is -2.02. The van der Waals surface area contributed by atoms with Crippen LogP contribution in [0.25, 0.3) is 0 Å². The van der Waals surface area contributed by atoms with E-state index in [0.29, 0.717) is 16.6 Å². The third kappa shape index (κ3) is 2.13. The number of hydrogen-bond acceptors (Lipinski definition) is 3. The van der Waals surface area contributed by atoms with Gasteiger partial charge in [0.05, 0.1) is 0 Å². The van der Waals surface area contributed by atoms with Gasteiger partial charge in [-0.2, -0.15) is 0 Å². The van der Waals surface area contributed by atoms with Crippen LogP contribution in [0.2, 0.25) is 5.02 Å². The zero-order valence-electron chi connectivity index (χ0n) is 8.54. The fraction of sp³-hybridized carbons (Fsp3) is 0.182. The summed E-state index contributed by atoms with van der Waals surface area (Å²) in [6.45, 7) is 3.83. The van der Waals surface area contributed by atoms with Gasteiger partial charge in [-0.1, -0.05) is 34.5 Å². The highest BCUT2D eigenvalue weighted by atomic mass is 35.5. The van der Waals surface area contributed by atoms with Gasteiger partial charge in [-0.15, -0.1) is 0 Å². The molecule has 0 aliphatic carbocycles. The van der Waals surface area contributed by atoms with Crippen molar-refractivity contribution in [1.82, 2.24) is 5.16 Å². The molecule has 0 saturated heterocycles. The van der Waals surface area contributed by atoms with E-state index >= 15 is 0 Å². The Kier molecular flexibility index (Phi) is 2.64. The second-order valence-corrected chi connectivity index (χ2v) is 3.78. The maximum absolute atomic E-state index is 5.97. The van der Waals surface area contributed by atoms with Crippen LogP contribution in [0.5, 0.6) is 0 Å². The molecule has 0 bridgehead atoms. The molecule has 2 rings (SSSR count). The molecule has 1 aromatic carbocycles. The smallest absolute Gasteiger partial charge is 0.248 e. The Morgan fingerprint density at radius 1 is 1.20 bits per heavy atom. The number of benzene rings is 1. The van der Waals surface area contributed by atoms with Gasteiger partial charge in [-0.25, -0.2) is 0 Å². The van der Waals surface area contributed by atoms with Gasteiger partial charge in [0.25, 0.3) is 0 Å². The molecule has 0 amide bonds. The molecular formula is C11H11ClN2O. The predicted octanol–water partition coefficient (Wildman–Crippen LogP) is 3.69. The maximum atomic E-state index is 5.97. The summed E-state index contributed by atoms with van der Waals surface area (Å²) in [5, 5.41) is 7.34. The van der Waals surface area contributed by atoms with Crippen LogP contribution >= 0.6 is 11.6 Å². The number of nitrogens with one attached hydrogen (secondary N) is 1. The van der Waals surface area contributed by atoms with Crippen molar-refractivity contribution in [2.24, 2.45) is 0 Å². The van der Waals surface area contributed by atoms with E-state index in [-0.39, 0.29) is 0 Å². The highest BCUT2D eigenvalue weighted by Gasteiger charge is 2.09. The minimum Gasteiger partial charge on any atom is -0.337 e. The van der Waals surface area contributed by atoms with Crippen molar-refractivity contribution in [1.29, 1.82) is 0 Å². The molecule has 0 fully saturated rings. The molecule has 0 radical (unpaired) electrons. The second-order valence-electron chi connectivity index (χ2n) is 3.40. The number of anilines is 2. The summed E-state index contributed by atoms with van der Waals surface area (Å²) in [5.74, 6) is 0.484. The van der Waals surface area contributed by atoms with Gasteiger partial charge in [-0.3, -0.25) is 0 Å². The standard InChI is InChI=1S/C11H11ClN2O/c1-7-3-5-9(6-4-7)13-11-10(12)8(2)14-15-11/h3-6,13H,1-2H3. The average molecular weight is 223 g/mol. The Balaban J connectivity index is 2.22. The lowest BCUT2D eigenvalue weighted by atomic mass is 10.2. The Labute approximate surface area is 93.0 Å². The van der Waals surface area contributed by atoms with Crippen LogP contribution in [0.4, 0.5) is 11.6 Å². The molecule has 78 valence electrons. The van der Waals surface area contributed by atoms with Crippen LogP contribution in [-0.4, -0.2) is 5.16 Å². The summed E-state index contributed by atoms with van der Waals surface area (Å²) < 4.78 is 5.04. The van der Waals surface area contributed by atoms with E-state index in [0.717, 1.165) is 5.69 Å². The molecule has 1 aromatic heterocycles. The molecule has 1 N–H and O–H groups in total. The fourth-order valence-electron chi connectivity index (χ4n) is 1.20. The number of nitrogens with zero attached hydrogens (tertiary/aromatic N) is 1. The summed E-state index contributed by atoms with van der Waals surface area (Å²) in [6, 6.07) is 7.95. The Hall–Kier alpha value is -1.48. The SMILES string of the molecule is Cc1ccc(Nc2onc(C)c2Cl)cc1. The molecule has 4 heteroatoms. The third-order valence-electron chi connectivity index (χ3n) is 2.10. The molecule has 0 unspecified atom stereocenters. The van der Waals surface area contributed by atoms with E-state index in [4.69, 9.17) is 16.1 Å². The average Bonchev–Trinajstić information content (AvgIpc) is 2.53. The number of hydrogen-bond donors (Lipinski definition) is 1. The Morgan fingerprint density at radius 2 is 1.87 bits per heavy atom. The van der Waals surface area contributed by atoms with Crippen LogP contribution in [0.1, 0.15) is 11.3 Å². The first-order valence-corrected chi connectivity index (χ1v) is 5.00. The van der Waals surface area contributed by atoms with Gasteiger partial charge in [0.2, 0.25) is 5.88 Å². The van der Waals surface area contributed by atoms with Gasteiger partial charge in [0.1, 0.15) is 10.7 Å². The van der Waals surface area contributed by atoms with Gasteiger partial charge in [0, 0.05) is 5.69 Å². The van der Waals surface area contributed by atoms with Crippen LogP contribution in [-0.2, 0) is 0 Å². The van der Waals surface area contributed by atoms with E-state index in [9.17, 15) is 0 Å². The molecule has 0 saturated carbocycles. The van der Waals surface area contributed by atoms with E-state index in [1.54, 1.807) is 6.92 Å². The van der Waals surface area contributed by atoms with Gasteiger partial charge in [-0.05, 0) is 26.0 Å². The molecule has 0 atom stereocenters. The first-order chi connectivity index (χ1) is 7.16. The molecule has 15 heavy (non-hydrogen) atoms. The summed E-state index contributed by atoms with van der Waals surface area (Å²) >= 11 is 5.97. The maximum Gasteiger partial charge on any atom is 0.248 e. The molecule has 2 aromatic rings. The number of aromatic nitrogens is 1. The van der Waals surface area contributed by atoms with Crippen molar-refractivity contribution in [3.8, 4) is 0 Å². The van der Waals surface area contributed by atoms with E-state index in [1.807, 2.05) is 31.2 Å². The number of rotatable bonds is 2. The lowest BCUT2D eigenvalue weighted by molar-refractivity contribution is 0.430. The minimum atomic E-state index is 0.484. The summed E-state index contributed by atoms with van der Waals surface area (Å²) in [7, 11) is 0. The molecule has 0 spiro atoms.